The van der Waals surface area contributed by atoms with Crippen molar-refractivity contribution >= 4 is 57.3 Å². The summed E-state index contributed by atoms with van der Waals surface area (Å²) < 4.78 is 17.1. The third-order valence-corrected chi connectivity index (χ3v) is 8.80. The lowest BCUT2D eigenvalue weighted by Gasteiger charge is -2.34. The number of carbonyl (C=O) groups excluding carboxylic acids is 2. The Morgan fingerprint density at radius 2 is 1.62 bits per heavy atom. The van der Waals surface area contributed by atoms with Crippen LogP contribution >= 0.6 is 23.2 Å². The zero-order chi connectivity index (χ0) is 33.8. The summed E-state index contributed by atoms with van der Waals surface area (Å²) in [6, 6.07) is 9.03. The van der Waals surface area contributed by atoms with Crippen LogP contribution in [-0.4, -0.2) is 80.1 Å². The van der Waals surface area contributed by atoms with Crippen LogP contribution in [0.5, 0.6) is 17.2 Å². The molecule has 1 saturated heterocycles. The Morgan fingerprint density at radius 1 is 0.915 bits per heavy atom. The average Bonchev–Trinajstić information content (AvgIpc) is 3.07. The molecule has 0 atom stereocenters. The van der Waals surface area contributed by atoms with Crippen LogP contribution in [-0.2, 0) is 9.59 Å². The molecule has 13 heteroatoms. The molecule has 11 nitrogen and oxygen atoms in total. The van der Waals surface area contributed by atoms with Crippen LogP contribution in [0.1, 0.15) is 56.9 Å². The van der Waals surface area contributed by atoms with Gasteiger partial charge in [0.2, 0.25) is 11.8 Å². The van der Waals surface area contributed by atoms with E-state index in [-0.39, 0.29) is 11.8 Å². The topological polar surface area (TPSA) is 143 Å². The second-order valence-electron chi connectivity index (χ2n) is 11.4. The number of pyridine rings is 1. The molecule has 4 rings (SSSR count). The Labute approximate surface area is 285 Å². The number of unbranched alkanes of at least 4 members (excludes halogenated alkanes) is 4. The Balaban J connectivity index is 1.28. The summed E-state index contributed by atoms with van der Waals surface area (Å²) in [5.74, 6) is 1.47. The summed E-state index contributed by atoms with van der Waals surface area (Å²) in [7, 11) is 3.08. The summed E-state index contributed by atoms with van der Waals surface area (Å²) in [6.45, 7) is 4.47. The predicted octanol–water partition coefficient (Wildman–Crippen LogP) is 6.30. The molecule has 0 spiro atoms. The number of nitrogens with zero attached hydrogens (tertiary/aromatic N) is 4. The Morgan fingerprint density at radius 3 is 2.30 bits per heavy atom. The van der Waals surface area contributed by atoms with Gasteiger partial charge in [-0.2, -0.15) is 5.26 Å². The number of piperazine rings is 1. The monoisotopic (exact) mass is 684 g/mol. The van der Waals surface area contributed by atoms with E-state index >= 15 is 0 Å². The number of amides is 2. The smallest absolute Gasteiger partial charge is 0.222 e. The average molecular weight is 686 g/mol. The molecular weight excluding hydrogens is 643 g/mol. The van der Waals surface area contributed by atoms with Crippen LogP contribution in [0.15, 0.2) is 30.5 Å². The van der Waals surface area contributed by atoms with Crippen molar-refractivity contribution in [3.63, 3.8) is 0 Å². The minimum absolute atomic E-state index is 0.221. The van der Waals surface area contributed by atoms with E-state index in [9.17, 15) is 14.9 Å². The number of nitrogens with two attached hydrogens (primary N) is 1. The minimum atomic E-state index is -0.251. The Kier molecular flexibility index (Phi) is 13.6. The van der Waals surface area contributed by atoms with Gasteiger partial charge >= 0.3 is 0 Å². The molecule has 2 heterocycles. The van der Waals surface area contributed by atoms with E-state index in [1.807, 2.05) is 4.90 Å². The molecule has 0 bridgehead atoms. The molecule has 47 heavy (non-hydrogen) atoms. The number of anilines is 2. The molecule has 2 amide bonds. The first kappa shape index (κ1) is 35.9. The molecular formula is C34H42Cl2N6O5. The van der Waals surface area contributed by atoms with Gasteiger partial charge in [0.1, 0.15) is 11.8 Å². The highest BCUT2D eigenvalue weighted by atomic mass is 35.5. The molecule has 1 aliphatic heterocycles. The van der Waals surface area contributed by atoms with Crippen molar-refractivity contribution in [3.05, 3.63) is 46.1 Å². The Bertz CT molecular complexity index is 1590. The molecule has 1 aliphatic rings. The van der Waals surface area contributed by atoms with Crippen molar-refractivity contribution < 1.29 is 23.8 Å². The van der Waals surface area contributed by atoms with Crippen LogP contribution in [0.4, 0.5) is 11.4 Å². The lowest BCUT2D eigenvalue weighted by Crippen LogP contribution is -2.48. The van der Waals surface area contributed by atoms with Crippen LogP contribution < -0.4 is 25.3 Å². The number of benzene rings is 2. The number of hydrogen-bond donors (Lipinski definition) is 2. The standard InChI is InChI=1S/C34H42Cl2N6O5/c1-45-29-20-28(25(35)18-26(29)36)40-34-23(21-37)22-39-27-19-31(30(46-2)17-24(27)34)47-16-8-11-41-12-14-42(15-13-41)33(44)10-7-5-3-4-6-9-32(38)43/h17-20,22H,3-16H2,1-2H3,(H2,38,43)(H,39,40). The first-order valence-electron chi connectivity index (χ1n) is 15.9. The zero-order valence-electron chi connectivity index (χ0n) is 26.9. The third-order valence-electron chi connectivity index (χ3n) is 8.19. The van der Waals surface area contributed by atoms with Gasteiger partial charge in [0.25, 0.3) is 0 Å². The Hall–Kier alpha value is -3.98. The maximum absolute atomic E-state index is 12.6. The third kappa shape index (κ3) is 10.0. The summed E-state index contributed by atoms with van der Waals surface area (Å²) in [5, 5.41) is 14.5. The molecule has 3 aromatic rings. The molecule has 3 N–H and O–H groups in total. The zero-order valence-corrected chi connectivity index (χ0v) is 28.5. The number of hydrogen-bond acceptors (Lipinski definition) is 9. The molecule has 0 radical (unpaired) electrons. The van der Waals surface area contributed by atoms with Crippen molar-refractivity contribution in [2.45, 2.75) is 51.4 Å². The normalized spacial score (nSPS) is 13.3. The predicted molar refractivity (Wildman–Crippen MR) is 184 cm³/mol. The minimum Gasteiger partial charge on any atom is -0.495 e. The lowest BCUT2D eigenvalue weighted by molar-refractivity contribution is -0.133. The second kappa shape index (κ2) is 17.8. The van der Waals surface area contributed by atoms with Crippen molar-refractivity contribution in [1.29, 1.82) is 5.26 Å². The van der Waals surface area contributed by atoms with Crippen LogP contribution in [0.25, 0.3) is 10.9 Å². The van der Waals surface area contributed by atoms with Crippen molar-refractivity contribution in [3.8, 4) is 23.3 Å². The van der Waals surface area contributed by atoms with Gasteiger partial charge in [-0.3, -0.25) is 19.5 Å². The van der Waals surface area contributed by atoms with Crippen molar-refractivity contribution in [1.82, 2.24) is 14.8 Å². The fourth-order valence-electron chi connectivity index (χ4n) is 5.56. The number of halogens is 2. The van der Waals surface area contributed by atoms with E-state index in [2.05, 4.69) is 21.3 Å². The van der Waals surface area contributed by atoms with Gasteiger partial charge in [0, 0.05) is 69.3 Å². The largest absolute Gasteiger partial charge is 0.495 e. The second-order valence-corrected chi connectivity index (χ2v) is 12.2. The van der Waals surface area contributed by atoms with Gasteiger partial charge in [0.15, 0.2) is 11.5 Å². The van der Waals surface area contributed by atoms with E-state index in [0.29, 0.717) is 74.6 Å². The number of methoxy groups -OCH3 is 2. The van der Waals surface area contributed by atoms with Crippen LogP contribution in [0.3, 0.4) is 0 Å². The van der Waals surface area contributed by atoms with Gasteiger partial charge in [-0.05, 0) is 31.4 Å². The molecule has 2 aromatic carbocycles. The first-order valence-corrected chi connectivity index (χ1v) is 16.6. The highest BCUT2D eigenvalue weighted by molar-refractivity contribution is 6.37. The summed E-state index contributed by atoms with van der Waals surface area (Å²) in [6.07, 6.45) is 8.01. The number of primary amides is 1. The number of carbonyl (C=O) groups is 2. The molecule has 0 saturated carbocycles. The SMILES string of the molecule is COc1cc(Nc2c(C#N)cnc3cc(OCCCN4CCN(C(=O)CCCCCCCC(N)=O)CC4)c(OC)cc23)c(Cl)cc1Cl. The first-order chi connectivity index (χ1) is 22.7. The fourth-order valence-corrected chi connectivity index (χ4v) is 6.07. The molecule has 252 valence electrons. The van der Waals surface area contributed by atoms with E-state index in [1.165, 1.54) is 13.3 Å². The quantitative estimate of drug-likeness (QED) is 0.157. The van der Waals surface area contributed by atoms with Gasteiger partial charge in [0.05, 0.1) is 53.3 Å². The number of nitriles is 1. The highest BCUT2D eigenvalue weighted by Crippen LogP contribution is 2.40. The van der Waals surface area contributed by atoms with Gasteiger partial charge in [-0.25, -0.2) is 0 Å². The van der Waals surface area contributed by atoms with Crippen LogP contribution in [0.2, 0.25) is 10.0 Å². The van der Waals surface area contributed by atoms with Gasteiger partial charge < -0.3 is 30.2 Å². The summed E-state index contributed by atoms with van der Waals surface area (Å²) in [4.78, 5) is 32.2. The lowest BCUT2D eigenvalue weighted by atomic mass is 10.1. The number of rotatable bonds is 17. The van der Waals surface area contributed by atoms with Gasteiger partial charge in [-0.15, -0.1) is 0 Å². The molecule has 1 aromatic heterocycles. The summed E-state index contributed by atoms with van der Waals surface area (Å²) >= 11 is 12.7. The number of fused-ring (bicyclic) bond motifs is 1. The van der Waals surface area contributed by atoms with E-state index in [4.69, 9.17) is 43.1 Å². The molecule has 1 fully saturated rings. The van der Waals surface area contributed by atoms with E-state index in [1.54, 1.807) is 31.4 Å². The number of nitrogens with one attached hydrogen (secondary N) is 1. The maximum Gasteiger partial charge on any atom is 0.222 e. The van der Waals surface area contributed by atoms with Crippen LogP contribution in [0, 0.1) is 11.3 Å². The molecule has 0 unspecified atom stereocenters. The fraction of sp³-hybridized carbons (Fsp3) is 0.471. The number of ether oxygens (including phenoxy) is 3. The maximum atomic E-state index is 12.6. The van der Waals surface area contributed by atoms with Gasteiger partial charge in [-0.1, -0.05) is 42.5 Å². The van der Waals surface area contributed by atoms with E-state index in [0.717, 1.165) is 71.2 Å². The van der Waals surface area contributed by atoms with Crippen molar-refractivity contribution in [2.24, 2.45) is 5.73 Å². The number of aromatic nitrogens is 1. The van der Waals surface area contributed by atoms with E-state index < -0.39 is 0 Å². The van der Waals surface area contributed by atoms with Crippen molar-refractivity contribution in [2.75, 3.05) is 58.9 Å². The summed E-state index contributed by atoms with van der Waals surface area (Å²) in [5.41, 5.74) is 7.15. The molecule has 0 aliphatic carbocycles. The highest BCUT2D eigenvalue weighted by Gasteiger charge is 2.21.